The molecule has 5 rings (SSSR count). The molecule has 1 N–H and O–H groups in total. The molecule has 1 saturated carbocycles. The van der Waals surface area contributed by atoms with Crippen LogP contribution in [0.1, 0.15) is 61.2 Å². The van der Waals surface area contributed by atoms with Crippen LogP contribution in [0.5, 0.6) is 5.88 Å². The van der Waals surface area contributed by atoms with Crippen LogP contribution in [0, 0.1) is 0 Å². The van der Waals surface area contributed by atoms with Crippen LogP contribution >= 0.6 is 7.14 Å². The summed E-state index contributed by atoms with van der Waals surface area (Å²) in [6, 6.07) is 8.14. The number of ether oxygens (including phenoxy) is 1. The Morgan fingerprint density at radius 3 is 2.41 bits per heavy atom. The van der Waals surface area contributed by atoms with E-state index in [2.05, 4.69) is 25.4 Å². The van der Waals surface area contributed by atoms with E-state index in [9.17, 15) is 17.7 Å². The number of hydrogen-bond acceptors (Lipinski definition) is 8. The average Bonchev–Trinajstić information content (AvgIpc) is 3.67. The molecule has 0 radical (unpaired) electrons. The number of benzene rings is 1. The summed E-state index contributed by atoms with van der Waals surface area (Å²) >= 11 is 0. The predicted octanol–water partition coefficient (Wildman–Crippen LogP) is 6.01. The molecule has 3 aromatic heterocycles. The van der Waals surface area contributed by atoms with Crippen LogP contribution in [-0.2, 0) is 17.3 Å². The molecule has 9 nitrogen and oxygen atoms in total. The van der Waals surface area contributed by atoms with E-state index >= 15 is 0 Å². The van der Waals surface area contributed by atoms with Crippen LogP contribution in [-0.4, -0.2) is 50.2 Å². The second kappa shape index (κ2) is 10.9. The van der Waals surface area contributed by atoms with E-state index in [1.807, 2.05) is 13.8 Å². The number of halogens is 3. The van der Waals surface area contributed by atoms with Gasteiger partial charge in [-0.3, -0.25) is 0 Å². The van der Waals surface area contributed by atoms with Crippen molar-refractivity contribution in [3.05, 3.63) is 65.5 Å². The summed E-state index contributed by atoms with van der Waals surface area (Å²) in [6.07, 6.45) is 0.540. The third-order valence-electron chi connectivity index (χ3n) is 6.83. The van der Waals surface area contributed by atoms with Gasteiger partial charge in [0.1, 0.15) is 24.9 Å². The number of methoxy groups -OCH3 is 1. The minimum atomic E-state index is -4.53. The zero-order chi connectivity index (χ0) is 29.5. The van der Waals surface area contributed by atoms with E-state index in [0.29, 0.717) is 52.2 Å². The van der Waals surface area contributed by atoms with E-state index in [0.717, 1.165) is 30.2 Å². The number of rotatable bonds is 9. The molecule has 1 aliphatic rings. The Bertz CT molecular complexity index is 1610. The van der Waals surface area contributed by atoms with Crippen molar-refractivity contribution in [2.45, 2.75) is 51.2 Å². The van der Waals surface area contributed by atoms with E-state index in [4.69, 9.17) is 9.72 Å². The molecular weight excluding hydrogens is 554 g/mol. The first kappa shape index (κ1) is 28.7. The second-order valence-electron chi connectivity index (χ2n) is 10.7. The molecule has 216 valence electrons. The van der Waals surface area contributed by atoms with Gasteiger partial charge >= 0.3 is 6.18 Å². The molecular formula is C28H31F3N7O2P. The summed E-state index contributed by atoms with van der Waals surface area (Å²) in [4.78, 5) is 18.0. The molecule has 1 aliphatic carbocycles. The highest BCUT2D eigenvalue weighted by Gasteiger charge is 2.35. The van der Waals surface area contributed by atoms with Gasteiger partial charge in [-0.1, -0.05) is 26.0 Å². The zero-order valence-electron chi connectivity index (χ0n) is 23.4. The minimum absolute atomic E-state index is 0.154. The van der Waals surface area contributed by atoms with Crippen molar-refractivity contribution < 1.29 is 22.5 Å². The SMILES string of the molecule is COc1ncnc(C2CC2)c1-c1ncc(P(C)(C)=O)c(NCc2ccc(-n3nc(C(F)(F)F)cc3C(C)C)cc2)n1. The molecule has 3 heterocycles. The standard InChI is InChI=1S/C28H31F3N7O2P/c1-16(2)20-12-22(28(29,30)31)37-38(20)19-10-6-17(7-11-19)13-32-25-21(41(4,5)39)14-33-26(36-25)23-24(18-8-9-18)34-15-35-27(23)40-3/h6-7,10-12,14-16,18H,8-9,13H2,1-5H3,(H,32,33,36). The van der Waals surface area contributed by atoms with Gasteiger partial charge in [-0.2, -0.15) is 18.3 Å². The number of anilines is 1. The lowest BCUT2D eigenvalue weighted by molar-refractivity contribution is -0.141. The van der Waals surface area contributed by atoms with Gasteiger partial charge in [0.15, 0.2) is 11.5 Å². The molecule has 13 heteroatoms. The van der Waals surface area contributed by atoms with Crippen molar-refractivity contribution in [1.82, 2.24) is 29.7 Å². The molecule has 0 aliphatic heterocycles. The predicted molar refractivity (Wildman–Crippen MR) is 151 cm³/mol. The normalized spacial score (nSPS) is 14.0. The number of aromatic nitrogens is 6. The van der Waals surface area contributed by atoms with E-state index in [-0.39, 0.29) is 5.92 Å². The minimum Gasteiger partial charge on any atom is -0.480 e. The van der Waals surface area contributed by atoms with Gasteiger partial charge in [0, 0.05) is 24.4 Å². The van der Waals surface area contributed by atoms with E-state index in [1.165, 1.54) is 18.1 Å². The first-order valence-electron chi connectivity index (χ1n) is 13.2. The van der Waals surface area contributed by atoms with Gasteiger partial charge in [-0.05, 0) is 55.9 Å². The van der Waals surface area contributed by atoms with Gasteiger partial charge in [0.2, 0.25) is 5.88 Å². The Morgan fingerprint density at radius 2 is 1.83 bits per heavy atom. The van der Waals surface area contributed by atoms with Crippen molar-refractivity contribution in [1.29, 1.82) is 0 Å². The number of alkyl halides is 3. The average molecular weight is 586 g/mol. The topological polar surface area (TPSA) is 108 Å². The maximum Gasteiger partial charge on any atom is 0.435 e. The molecule has 0 atom stereocenters. The fourth-order valence-electron chi connectivity index (χ4n) is 4.53. The van der Waals surface area contributed by atoms with Gasteiger partial charge < -0.3 is 14.6 Å². The van der Waals surface area contributed by atoms with Crippen LogP contribution in [0.15, 0.2) is 42.9 Å². The Balaban J connectivity index is 1.44. The van der Waals surface area contributed by atoms with E-state index < -0.39 is 19.0 Å². The summed E-state index contributed by atoms with van der Waals surface area (Å²) in [7, 11) is -1.22. The zero-order valence-corrected chi connectivity index (χ0v) is 24.3. The van der Waals surface area contributed by atoms with Crippen LogP contribution in [0.3, 0.4) is 0 Å². The van der Waals surface area contributed by atoms with Crippen molar-refractivity contribution in [2.75, 3.05) is 25.8 Å². The number of nitrogens with one attached hydrogen (secondary N) is 1. The lowest BCUT2D eigenvalue weighted by Crippen LogP contribution is -2.17. The van der Waals surface area contributed by atoms with Crippen LogP contribution in [0.2, 0.25) is 0 Å². The number of nitrogens with zero attached hydrogens (tertiary/aromatic N) is 6. The quantitative estimate of drug-likeness (QED) is 0.238. The lowest BCUT2D eigenvalue weighted by atomic mass is 10.1. The molecule has 0 saturated heterocycles. The Morgan fingerprint density at radius 1 is 1.12 bits per heavy atom. The molecule has 0 unspecified atom stereocenters. The molecule has 41 heavy (non-hydrogen) atoms. The summed E-state index contributed by atoms with van der Waals surface area (Å²) in [6.45, 7) is 7.28. The summed E-state index contributed by atoms with van der Waals surface area (Å²) in [5, 5.41) is 7.60. The van der Waals surface area contributed by atoms with Crippen molar-refractivity contribution in [2.24, 2.45) is 0 Å². The van der Waals surface area contributed by atoms with Gasteiger partial charge in [0.25, 0.3) is 0 Å². The highest BCUT2D eigenvalue weighted by molar-refractivity contribution is 7.70. The summed E-state index contributed by atoms with van der Waals surface area (Å²) in [5.41, 5.74) is 2.36. The third kappa shape index (κ3) is 6.12. The Kier molecular flexibility index (Phi) is 7.63. The number of hydrogen-bond donors (Lipinski definition) is 1. The van der Waals surface area contributed by atoms with Crippen molar-refractivity contribution >= 4 is 18.3 Å². The van der Waals surface area contributed by atoms with Gasteiger partial charge in [-0.15, -0.1) is 0 Å². The van der Waals surface area contributed by atoms with Crippen LogP contribution in [0.25, 0.3) is 17.1 Å². The van der Waals surface area contributed by atoms with Gasteiger partial charge in [0.05, 0.1) is 23.8 Å². The lowest BCUT2D eigenvalue weighted by Gasteiger charge is -2.17. The molecule has 1 fully saturated rings. The first-order chi connectivity index (χ1) is 19.4. The molecule has 1 aromatic carbocycles. The first-order valence-corrected chi connectivity index (χ1v) is 15.8. The smallest absolute Gasteiger partial charge is 0.435 e. The summed E-state index contributed by atoms with van der Waals surface area (Å²) in [5.74, 6) is 1.31. The largest absolute Gasteiger partial charge is 0.480 e. The molecule has 4 aromatic rings. The van der Waals surface area contributed by atoms with Gasteiger partial charge in [-0.25, -0.2) is 24.6 Å². The van der Waals surface area contributed by atoms with Crippen molar-refractivity contribution in [3.63, 3.8) is 0 Å². The Labute approximate surface area is 236 Å². The molecule has 0 amide bonds. The van der Waals surface area contributed by atoms with E-state index in [1.54, 1.807) is 43.8 Å². The third-order valence-corrected chi connectivity index (χ3v) is 8.32. The van der Waals surface area contributed by atoms with Crippen LogP contribution < -0.4 is 15.4 Å². The highest BCUT2D eigenvalue weighted by Crippen LogP contribution is 2.45. The fraction of sp³-hybridized carbons (Fsp3) is 0.393. The Hall–Kier alpha value is -3.79. The fourth-order valence-corrected chi connectivity index (χ4v) is 5.50. The monoisotopic (exact) mass is 585 g/mol. The second-order valence-corrected chi connectivity index (χ2v) is 13.9. The maximum absolute atomic E-state index is 13.3. The van der Waals surface area contributed by atoms with Crippen molar-refractivity contribution in [3.8, 4) is 23.0 Å². The molecule has 0 bridgehead atoms. The molecule has 0 spiro atoms. The summed E-state index contributed by atoms with van der Waals surface area (Å²) < 4.78 is 59.9. The van der Waals surface area contributed by atoms with Crippen LogP contribution in [0.4, 0.5) is 19.0 Å². The highest BCUT2D eigenvalue weighted by atomic mass is 31.2. The maximum atomic E-state index is 13.3.